The van der Waals surface area contributed by atoms with Crippen LogP contribution in [0.25, 0.3) is 0 Å². The van der Waals surface area contributed by atoms with E-state index in [2.05, 4.69) is 0 Å². The molecule has 0 saturated heterocycles. The molecule has 2 rings (SSSR count). The van der Waals surface area contributed by atoms with Crippen LogP contribution in [0.5, 0.6) is 0 Å². The second kappa shape index (κ2) is 3.58. The molecule has 82 valence electrons. The highest BCUT2D eigenvalue weighted by Gasteiger charge is 2.28. The van der Waals surface area contributed by atoms with Crippen molar-refractivity contribution >= 4 is 0 Å². The molecule has 1 atom stereocenters. The normalized spacial score (nSPS) is 20.4. The summed E-state index contributed by atoms with van der Waals surface area (Å²) in [5, 5.41) is 9.70. The van der Waals surface area contributed by atoms with Gasteiger partial charge in [0.05, 0.1) is 18.3 Å². The lowest BCUT2D eigenvalue weighted by Crippen LogP contribution is -2.22. The van der Waals surface area contributed by atoms with Gasteiger partial charge in [-0.15, -0.1) is 0 Å². The van der Waals surface area contributed by atoms with Crippen LogP contribution in [0.2, 0.25) is 0 Å². The van der Waals surface area contributed by atoms with Crippen LogP contribution in [0.15, 0.2) is 18.2 Å². The van der Waals surface area contributed by atoms with Gasteiger partial charge in [0.25, 0.3) is 0 Å². The maximum atomic E-state index is 13.1. The molecule has 0 radical (unpaired) electrons. The summed E-state index contributed by atoms with van der Waals surface area (Å²) in [6.45, 7) is 3.97. The molecular weight excluding hydrogens is 195 g/mol. The Hall–Kier alpha value is -0.930. The van der Waals surface area contributed by atoms with Crippen molar-refractivity contribution in [3.05, 3.63) is 35.1 Å². The fraction of sp³-hybridized carbons (Fsp3) is 0.500. The Morgan fingerprint density at radius 2 is 2.27 bits per heavy atom. The smallest absolute Gasteiger partial charge is 0.123 e. The number of halogens is 1. The maximum Gasteiger partial charge on any atom is 0.123 e. The zero-order valence-electron chi connectivity index (χ0n) is 8.96. The van der Waals surface area contributed by atoms with Gasteiger partial charge < -0.3 is 9.84 Å². The summed E-state index contributed by atoms with van der Waals surface area (Å²) in [6, 6.07) is 4.68. The van der Waals surface area contributed by atoms with Crippen LogP contribution in [0.1, 0.15) is 37.5 Å². The molecule has 1 aliphatic rings. The van der Waals surface area contributed by atoms with Crippen LogP contribution in [0.3, 0.4) is 0 Å². The summed E-state index contributed by atoms with van der Waals surface area (Å²) in [4.78, 5) is 0. The first-order chi connectivity index (χ1) is 6.96. The molecule has 1 aromatic rings. The molecule has 0 aromatic heterocycles. The van der Waals surface area contributed by atoms with Crippen molar-refractivity contribution in [3.8, 4) is 0 Å². The van der Waals surface area contributed by atoms with Gasteiger partial charge in [0.1, 0.15) is 5.82 Å². The summed E-state index contributed by atoms with van der Waals surface area (Å²) in [6.07, 6.45) is 0.305. The van der Waals surface area contributed by atoms with Gasteiger partial charge >= 0.3 is 0 Å². The van der Waals surface area contributed by atoms with E-state index in [1.165, 1.54) is 12.1 Å². The molecular formula is C12H15FO2. The van der Waals surface area contributed by atoms with Crippen LogP contribution in [-0.2, 0) is 11.3 Å². The average molecular weight is 210 g/mol. The number of fused-ring (bicyclic) bond motifs is 1. The average Bonchev–Trinajstić information content (AvgIpc) is 2.46. The Balaban J connectivity index is 2.24. The SMILES string of the molecule is CC(C)(O)CC1OCc2ccc(F)cc21. The van der Waals surface area contributed by atoms with Gasteiger partial charge in [-0.3, -0.25) is 0 Å². The van der Waals surface area contributed by atoms with Crippen molar-refractivity contribution in [1.29, 1.82) is 0 Å². The Bertz CT molecular complexity index is 368. The number of hydrogen-bond donors (Lipinski definition) is 1. The second-order valence-electron chi connectivity index (χ2n) is 4.66. The maximum absolute atomic E-state index is 13.1. The third-order valence-electron chi connectivity index (χ3n) is 2.58. The molecule has 0 bridgehead atoms. The molecule has 3 heteroatoms. The van der Waals surface area contributed by atoms with Crippen molar-refractivity contribution < 1.29 is 14.2 Å². The van der Waals surface area contributed by atoms with E-state index >= 15 is 0 Å². The third-order valence-corrected chi connectivity index (χ3v) is 2.58. The van der Waals surface area contributed by atoms with Gasteiger partial charge in [0.2, 0.25) is 0 Å². The minimum absolute atomic E-state index is 0.185. The van der Waals surface area contributed by atoms with E-state index < -0.39 is 5.60 Å². The number of aliphatic hydroxyl groups is 1. The van der Waals surface area contributed by atoms with Gasteiger partial charge in [-0.25, -0.2) is 4.39 Å². The standard InChI is InChI=1S/C12H15FO2/c1-12(2,14)6-11-10-5-9(13)4-3-8(10)7-15-11/h3-5,11,14H,6-7H2,1-2H3. The first-order valence-electron chi connectivity index (χ1n) is 5.08. The number of benzene rings is 1. The minimum Gasteiger partial charge on any atom is -0.390 e. The lowest BCUT2D eigenvalue weighted by Gasteiger charge is -2.21. The number of rotatable bonds is 2. The largest absolute Gasteiger partial charge is 0.390 e. The van der Waals surface area contributed by atoms with Crippen LogP contribution in [-0.4, -0.2) is 10.7 Å². The first kappa shape index (κ1) is 10.6. The van der Waals surface area contributed by atoms with E-state index in [0.29, 0.717) is 13.0 Å². The zero-order chi connectivity index (χ0) is 11.1. The van der Waals surface area contributed by atoms with Gasteiger partial charge in [0.15, 0.2) is 0 Å². The van der Waals surface area contributed by atoms with E-state index in [-0.39, 0.29) is 11.9 Å². The van der Waals surface area contributed by atoms with Crippen molar-refractivity contribution in [3.63, 3.8) is 0 Å². The molecule has 0 amide bonds. The van der Waals surface area contributed by atoms with Crippen molar-refractivity contribution in [1.82, 2.24) is 0 Å². The Morgan fingerprint density at radius 1 is 1.53 bits per heavy atom. The van der Waals surface area contributed by atoms with Crippen LogP contribution >= 0.6 is 0 Å². The topological polar surface area (TPSA) is 29.5 Å². The van der Waals surface area contributed by atoms with Crippen LogP contribution in [0.4, 0.5) is 4.39 Å². The van der Waals surface area contributed by atoms with Gasteiger partial charge in [-0.05, 0) is 37.1 Å². The highest BCUT2D eigenvalue weighted by atomic mass is 19.1. The molecule has 1 aromatic carbocycles. The van der Waals surface area contributed by atoms with Gasteiger partial charge in [-0.2, -0.15) is 0 Å². The third kappa shape index (κ3) is 2.36. The molecule has 1 N–H and O–H groups in total. The molecule has 0 aliphatic carbocycles. The highest BCUT2D eigenvalue weighted by molar-refractivity contribution is 5.32. The quantitative estimate of drug-likeness (QED) is 0.812. The van der Waals surface area contributed by atoms with E-state index in [1.807, 2.05) is 0 Å². The molecule has 0 spiro atoms. The molecule has 0 fully saturated rings. The van der Waals surface area contributed by atoms with Crippen molar-refractivity contribution in [2.75, 3.05) is 0 Å². The van der Waals surface area contributed by atoms with Crippen LogP contribution in [0, 0.1) is 5.82 Å². The Morgan fingerprint density at radius 3 is 2.93 bits per heavy atom. The molecule has 15 heavy (non-hydrogen) atoms. The minimum atomic E-state index is -0.793. The number of hydrogen-bond acceptors (Lipinski definition) is 2. The second-order valence-corrected chi connectivity index (χ2v) is 4.66. The predicted molar refractivity (Wildman–Crippen MR) is 54.8 cm³/mol. The van der Waals surface area contributed by atoms with Gasteiger partial charge in [-0.1, -0.05) is 6.07 Å². The number of ether oxygens (including phenoxy) is 1. The predicted octanol–water partition coefficient (Wildman–Crippen LogP) is 2.56. The Kier molecular flexibility index (Phi) is 2.52. The Labute approximate surface area is 88.7 Å². The first-order valence-corrected chi connectivity index (χ1v) is 5.08. The highest BCUT2D eigenvalue weighted by Crippen LogP contribution is 2.36. The fourth-order valence-corrected chi connectivity index (χ4v) is 1.90. The summed E-state index contributed by atoms with van der Waals surface area (Å²) < 4.78 is 18.6. The van der Waals surface area contributed by atoms with E-state index in [0.717, 1.165) is 11.1 Å². The lowest BCUT2D eigenvalue weighted by atomic mass is 9.95. The summed E-state index contributed by atoms with van der Waals surface area (Å²) in [5.41, 5.74) is 1.10. The molecule has 0 saturated carbocycles. The fourth-order valence-electron chi connectivity index (χ4n) is 1.90. The molecule has 2 nitrogen and oxygen atoms in total. The summed E-state index contributed by atoms with van der Waals surface area (Å²) in [5.74, 6) is -0.250. The van der Waals surface area contributed by atoms with Gasteiger partial charge in [0, 0.05) is 6.42 Å². The monoisotopic (exact) mass is 210 g/mol. The van der Waals surface area contributed by atoms with Crippen molar-refractivity contribution in [2.24, 2.45) is 0 Å². The molecule has 1 unspecified atom stereocenters. The van der Waals surface area contributed by atoms with Crippen LogP contribution < -0.4 is 0 Å². The van der Waals surface area contributed by atoms with E-state index in [9.17, 15) is 9.50 Å². The van der Waals surface area contributed by atoms with E-state index in [1.54, 1.807) is 19.9 Å². The zero-order valence-corrected chi connectivity index (χ0v) is 8.96. The summed E-state index contributed by atoms with van der Waals surface area (Å²) >= 11 is 0. The molecule has 1 heterocycles. The lowest BCUT2D eigenvalue weighted by molar-refractivity contribution is -0.0146. The van der Waals surface area contributed by atoms with Crippen molar-refractivity contribution in [2.45, 2.75) is 38.6 Å². The molecule has 1 aliphatic heterocycles. The summed E-state index contributed by atoms with van der Waals surface area (Å²) in [7, 11) is 0. The van der Waals surface area contributed by atoms with E-state index in [4.69, 9.17) is 4.74 Å².